The van der Waals surface area contributed by atoms with Crippen LogP contribution in [0.5, 0.6) is 11.5 Å². The Bertz CT molecular complexity index is 2480. The number of nitrogens with zero attached hydrogens (tertiary/aromatic N) is 3. The van der Waals surface area contributed by atoms with Crippen molar-refractivity contribution in [2.45, 2.75) is 107 Å². The summed E-state index contributed by atoms with van der Waals surface area (Å²) in [5, 5.41) is 16.6. The van der Waals surface area contributed by atoms with Crippen LogP contribution >= 0.6 is 18.9 Å². The molecule has 3 amide bonds. The van der Waals surface area contributed by atoms with E-state index in [2.05, 4.69) is 16.5 Å². The van der Waals surface area contributed by atoms with E-state index in [-0.39, 0.29) is 54.2 Å². The monoisotopic (exact) mass is 911 g/mol. The Morgan fingerprint density at radius 1 is 1.00 bits per heavy atom. The fourth-order valence-electron chi connectivity index (χ4n) is 9.89. The summed E-state index contributed by atoms with van der Waals surface area (Å²) in [7, 11) is -2.84. The van der Waals surface area contributed by atoms with E-state index in [9.17, 15) is 29.0 Å². The number of amides is 3. The molecule has 1 aromatic heterocycles. The van der Waals surface area contributed by atoms with Gasteiger partial charge in [-0.05, 0) is 111 Å². The Hall–Kier alpha value is -5.29. The molecule has 4 heterocycles. The predicted molar refractivity (Wildman–Crippen MR) is 241 cm³/mol. The molecule has 4 fully saturated rings. The largest absolute Gasteiger partial charge is 0.497 e. The minimum Gasteiger partial charge on any atom is -0.497 e. The van der Waals surface area contributed by atoms with Crippen LogP contribution in [0.3, 0.4) is 0 Å². The number of para-hydroxylation sites is 1. The maximum absolute atomic E-state index is 16.6. The second kappa shape index (κ2) is 19.0. The second-order valence-corrected chi connectivity index (χ2v) is 20.7. The van der Waals surface area contributed by atoms with Crippen LogP contribution in [-0.2, 0) is 23.7 Å². The molecule has 16 heteroatoms. The van der Waals surface area contributed by atoms with Gasteiger partial charge >= 0.3 is 13.5 Å². The number of thiophene rings is 1. The first-order valence-electron chi connectivity index (χ1n) is 22.3. The van der Waals surface area contributed by atoms with Crippen LogP contribution in [0.2, 0.25) is 0 Å². The molecule has 1 saturated carbocycles. The van der Waals surface area contributed by atoms with Gasteiger partial charge in [0.15, 0.2) is 0 Å². The molecule has 2 unspecified atom stereocenters. The lowest BCUT2D eigenvalue weighted by atomic mass is 9.85. The minimum atomic E-state index is -4.45. The highest BCUT2D eigenvalue weighted by atomic mass is 32.1. The van der Waals surface area contributed by atoms with Crippen LogP contribution in [0.1, 0.15) is 104 Å². The number of methoxy groups -OCH3 is 1. The molecule has 3 aromatic carbocycles. The minimum absolute atomic E-state index is 0.0306. The number of nitrogens with one attached hydrogen (secondary N) is 2. The lowest BCUT2D eigenvalue weighted by Crippen LogP contribution is -2.55. The molecule has 64 heavy (non-hydrogen) atoms. The summed E-state index contributed by atoms with van der Waals surface area (Å²) in [6.07, 6.45) is 6.46. The SMILES string of the molecule is CCCOC(=O)[C@H](C)NP(=O)(Oc1ccccc1)[C@@H](F)c1ccc2sc(C(=O)NCC3CCCC[C@H]4CC[C@@H](C(=O)N5C[C@H](c6cccc(OC)c6)[C@@H](C#N)C56CC6)N4C3=O)cc2c1. The number of ether oxygens (including phenoxy) is 2. The highest BCUT2D eigenvalue weighted by Gasteiger charge is 2.64. The van der Waals surface area contributed by atoms with E-state index in [0.717, 1.165) is 44.1 Å². The van der Waals surface area contributed by atoms with Gasteiger partial charge in [0.05, 0.1) is 42.0 Å². The molecule has 0 radical (unpaired) electrons. The number of carbonyl (C=O) groups excluding carboxylic acids is 4. The zero-order valence-electron chi connectivity index (χ0n) is 36.4. The summed E-state index contributed by atoms with van der Waals surface area (Å²) >= 11 is 1.21. The smallest absolute Gasteiger partial charge is 0.355 e. The van der Waals surface area contributed by atoms with Crippen LogP contribution in [0.15, 0.2) is 78.9 Å². The van der Waals surface area contributed by atoms with Crippen LogP contribution in [-0.4, -0.2) is 84.0 Å². The number of nitriles is 1. The highest BCUT2D eigenvalue weighted by molar-refractivity contribution is 7.57. The van der Waals surface area contributed by atoms with Crippen molar-refractivity contribution < 1.29 is 42.1 Å². The van der Waals surface area contributed by atoms with Gasteiger partial charge in [0.1, 0.15) is 23.6 Å². The number of carbonyl (C=O) groups is 4. The Balaban J connectivity index is 0.957. The molecule has 1 spiro atoms. The van der Waals surface area contributed by atoms with E-state index >= 15 is 4.39 Å². The zero-order chi connectivity index (χ0) is 45.2. The van der Waals surface area contributed by atoms with Crippen LogP contribution < -0.4 is 19.7 Å². The number of rotatable bonds is 15. The molecule has 3 aliphatic heterocycles. The number of likely N-dealkylation sites (tertiary alicyclic amines) is 1. The first kappa shape index (κ1) is 45.3. The van der Waals surface area contributed by atoms with Crippen molar-refractivity contribution >= 4 is 52.6 Å². The molecule has 1 aliphatic carbocycles. The molecule has 3 saturated heterocycles. The van der Waals surface area contributed by atoms with E-state index in [0.29, 0.717) is 46.5 Å². The van der Waals surface area contributed by atoms with E-state index in [4.69, 9.17) is 14.0 Å². The Morgan fingerprint density at radius 3 is 2.50 bits per heavy atom. The fraction of sp³-hybridized carbons (Fsp3) is 0.479. The summed E-state index contributed by atoms with van der Waals surface area (Å²) in [6, 6.07) is 22.8. The van der Waals surface area contributed by atoms with Crippen molar-refractivity contribution in [1.82, 2.24) is 20.2 Å². The average molecular weight is 912 g/mol. The number of esters is 1. The maximum Gasteiger partial charge on any atom is 0.355 e. The predicted octanol–water partition coefficient (Wildman–Crippen LogP) is 8.66. The van der Waals surface area contributed by atoms with Gasteiger partial charge < -0.3 is 29.1 Å². The maximum atomic E-state index is 16.6. The summed E-state index contributed by atoms with van der Waals surface area (Å²) in [5.74, 6) is -3.71. The number of alkyl halides is 1. The number of benzene rings is 3. The van der Waals surface area contributed by atoms with Gasteiger partial charge in [-0.1, -0.05) is 56.2 Å². The quantitative estimate of drug-likeness (QED) is 0.0871. The van der Waals surface area contributed by atoms with Gasteiger partial charge in [-0.2, -0.15) is 5.26 Å². The van der Waals surface area contributed by atoms with Crippen molar-refractivity contribution in [1.29, 1.82) is 5.26 Å². The molecule has 13 nitrogen and oxygen atoms in total. The first-order valence-corrected chi connectivity index (χ1v) is 24.8. The van der Waals surface area contributed by atoms with Gasteiger partial charge in [-0.25, -0.2) is 9.48 Å². The van der Waals surface area contributed by atoms with Crippen molar-refractivity contribution in [2.75, 3.05) is 26.8 Å². The Kier molecular flexibility index (Phi) is 13.5. The zero-order valence-corrected chi connectivity index (χ0v) is 38.1. The first-order chi connectivity index (χ1) is 30.9. The van der Waals surface area contributed by atoms with Gasteiger partial charge in [-0.3, -0.25) is 23.7 Å². The van der Waals surface area contributed by atoms with Crippen LogP contribution in [0, 0.1) is 23.2 Å². The summed E-state index contributed by atoms with van der Waals surface area (Å²) < 4.78 is 48.0. The molecular weight excluding hydrogens is 857 g/mol. The highest BCUT2D eigenvalue weighted by Crippen LogP contribution is 2.59. The topological polar surface area (TPSA) is 167 Å². The van der Waals surface area contributed by atoms with Crippen molar-refractivity contribution in [3.8, 4) is 17.6 Å². The summed E-state index contributed by atoms with van der Waals surface area (Å²) in [4.78, 5) is 59.7. The molecule has 4 aromatic rings. The molecule has 8 atom stereocenters. The molecule has 8 rings (SSSR count). The van der Waals surface area contributed by atoms with Gasteiger partial charge in [-0.15, -0.1) is 11.3 Å². The lowest BCUT2D eigenvalue weighted by Gasteiger charge is -2.37. The van der Waals surface area contributed by atoms with Gasteiger partial charge in [0, 0.05) is 29.7 Å². The number of hydrogen-bond acceptors (Lipinski definition) is 10. The third kappa shape index (κ3) is 9.02. The number of hydrogen-bond donors (Lipinski definition) is 2. The fourth-order valence-corrected chi connectivity index (χ4v) is 12.8. The molecule has 2 N–H and O–H groups in total. The normalized spacial score (nSPS) is 24.4. The number of fused-ring (bicyclic) bond motifs is 2. The van der Waals surface area contributed by atoms with Gasteiger partial charge in [0.25, 0.3) is 5.91 Å². The number of halogens is 1. The van der Waals surface area contributed by atoms with Crippen molar-refractivity contribution in [3.63, 3.8) is 0 Å². The third-order valence-electron chi connectivity index (χ3n) is 13.3. The lowest BCUT2D eigenvalue weighted by molar-refractivity contribution is -0.149. The Labute approximate surface area is 377 Å². The van der Waals surface area contributed by atoms with E-state index in [1.807, 2.05) is 41.0 Å². The molecule has 0 bridgehead atoms. The molecule has 338 valence electrons. The van der Waals surface area contributed by atoms with Crippen LogP contribution in [0.4, 0.5) is 4.39 Å². The van der Waals surface area contributed by atoms with E-state index in [1.165, 1.54) is 30.4 Å². The third-order valence-corrected chi connectivity index (χ3v) is 16.6. The average Bonchev–Trinajstić information content (AvgIpc) is 3.63. The van der Waals surface area contributed by atoms with Crippen molar-refractivity contribution in [3.05, 3.63) is 94.9 Å². The summed E-state index contributed by atoms with van der Waals surface area (Å²) in [5.41, 5.74) is 0.454. The van der Waals surface area contributed by atoms with E-state index in [1.54, 1.807) is 49.6 Å². The molecular formula is C48H55FN5O8PS. The van der Waals surface area contributed by atoms with Crippen LogP contribution in [0.25, 0.3) is 10.1 Å². The second-order valence-electron chi connectivity index (χ2n) is 17.5. The standard InChI is InChI=1S/C48H55FN5O8PS/c1-4-23-61-47(58)30(2)52-63(59,62-36-14-6-5-7-15-36)43(49)32-17-20-41-34(24-32)26-42(64-41)44(55)51-28-33-11-8-9-13-35-18-19-40(54(35)45(33)56)46(57)53-29-38(39(27-50)48(53)21-22-48)31-12-10-16-37(25-31)60-3/h5-7,10,12,14-17,20,24-26,30,33,35,38-40,43H,4,8-9,11,13,18-19,21-23,28-29H2,1-3H3,(H,51,55)(H,52,59)/t30-,33?,35-,38+,39+,40-,43+,63?/m0/s1. The van der Waals surface area contributed by atoms with Gasteiger partial charge in [0.2, 0.25) is 17.7 Å². The molecule has 4 aliphatic rings. The van der Waals surface area contributed by atoms with E-state index < -0.39 is 48.8 Å². The summed E-state index contributed by atoms with van der Waals surface area (Å²) in [6.45, 7) is 3.93. The van der Waals surface area contributed by atoms with Crippen molar-refractivity contribution in [2.24, 2.45) is 11.8 Å². The Morgan fingerprint density at radius 2 is 1.77 bits per heavy atom.